The molecule has 1 heterocycles. The van der Waals surface area contributed by atoms with Crippen LogP contribution in [0.2, 0.25) is 0 Å². The van der Waals surface area contributed by atoms with Gasteiger partial charge >= 0.3 is 5.97 Å². The number of aromatic nitrogens is 1. The van der Waals surface area contributed by atoms with Crippen molar-refractivity contribution >= 4 is 11.9 Å². The molecular weight excluding hydrogens is 268 g/mol. The van der Waals surface area contributed by atoms with Crippen LogP contribution in [0.4, 0.5) is 0 Å². The molecule has 0 aliphatic rings. The molecule has 2 N–H and O–H groups in total. The molecule has 0 saturated carbocycles. The van der Waals surface area contributed by atoms with Gasteiger partial charge in [0.25, 0.3) is 0 Å². The average Bonchev–Trinajstić information content (AvgIpc) is 2.45. The van der Waals surface area contributed by atoms with Crippen LogP contribution in [0.15, 0.2) is 42.5 Å². The lowest BCUT2D eigenvalue weighted by Gasteiger charge is -2.07. The van der Waals surface area contributed by atoms with Crippen LogP contribution in [0.1, 0.15) is 27.3 Å². The van der Waals surface area contributed by atoms with Crippen molar-refractivity contribution in [2.24, 2.45) is 0 Å². The molecular formula is C16H16N2O3. The average molecular weight is 284 g/mol. The molecule has 21 heavy (non-hydrogen) atoms. The zero-order chi connectivity index (χ0) is 15.2. The van der Waals surface area contributed by atoms with Crippen molar-refractivity contribution in [3.8, 4) is 0 Å². The molecule has 0 fully saturated rings. The summed E-state index contributed by atoms with van der Waals surface area (Å²) in [5.41, 5.74) is 2.31. The number of hydrogen-bond acceptors (Lipinski definition) is 3. The number of hydrogen-bond donors (Lipinski definition) is 2. The number of aryl methyl sites for hydroxylation is 1. The predicted octanol–water partition coefficient (Wildman–Crippen LogP) is 1.95. The van der Waals surface area contributed by atoms with Crippen molar-refractivity contribution in [3.05, 3.63) is 65.0 Å². The normalized spacial score (nSPS) is 10.1. The summed E-state index contributed by atoms with van der Waals surface area (Å²) in [5.74, 6) is -1.26. The summed E-state index contributed by atoms with van der Waals surface area (Å²) >= 11 is 0. The molecule has 1 amide bonds. The third-order valence-corrected chi connectivity index (χ3v) is 3.01. The van der Waals surface area contributed by atoms with Crippen molar-refractivity contribution in [3.63, 3.8) is 0 Å². The first-order valence-electron chi connectivity index (χ1n) is 6.56. The van der Waals surface area contributed by atoms with Crippen LogP contribution < -0.4 is 5.32 Å². The highest BCUT2D eigenvalue weighted by molar-refractivity contribution is 5.91. The molecule has 2 rings (SSSR count). The first-order valence-corrected chi connectivity index (χ1v) is 6.56. The van der Waals surface area contributed by atoms with E-state index in [0.717, 1.165) is 11.4 Å². The molecule has 1 aromatic heterocycles. The number of carboxylic acids is 1. The number of carbonyl (C=O) groups is 2. The Morgan fingerprint density at radius 3 is 2.62 bits per heavy atom. The number of carbonyl (C=O) groups excluding carboxylic acids is 1. The summed E-state index contributed by atoms with van der Waals surface area (Å²) in [5, 5.41) is 11.8. The second-order valence-corrected chi connectivity index (χ2v) is 4.69. The lowest BCUT2D eigenvalue weighted by molar-refractivity contribution is -0.120. The maximum Gasteiger partial charge on any atom is 0.335 e. The van der Waals surface area contributed by atoms with Gasteiger partial charge in [0, 0.05) is 5.69 Å². The molecule has 0 saturated heterocycles. The van der Waals surface area contributed by atoms with Gasteiger partial charge < -0.3 is 10.4 Å². The smallest absolute Gasteiger partial charge is 0.335 e. The third kappa shape index (κ3) is 4.14. The number of amides is 1. The van der Waals surface area contributed by atoms with Crippen LogP contribution in [0.3, 0.4) is 0 Å². The summed E-state index contributed by atoms with van der Waals surface area (Å²) < 4.78 is 0. The van der Waals surface area contributed by atoms with Gasteiger partial charge in [-0.3, -0.25) is 9.78 Å². The Morgan fingerprint density at radius 1 is 1.14 bits per heavy atom. The second kappa shape index (κ2) is 6.65. The van der Waals surface area contributed by atoms with Crippen LogP contribution in [-0.4, -0.2) is 22.0 Å². The summed E-state index contributed by atoms with van der Waals surface area (Å²) in [7, 11) is 0. The molecule has 5 heteroatoms. The van der Waals surface area contributed by atoms with E-state index in [0.29, 0.717) is 12.1 Å². The topological polar surface area (TPSA) is 79.3 Å². The number of carboxylic acid groups (broad SMARTS) is 1. The Kier molecular flexibility index (Phi) is 4.66. The quantitative estimate of drug-likeness (QED) is 0.879. The minimum absolute atomic E-state index is 0.0360. The van der Waals surface area contributed by atoms with Gasteiger partial charge in [-0.2, -0.15) is 0 Å². The monoisotopic (exact) mass is 284 g/mol. The second-order valence-electron chi connectivity index (χ2n) is 4.69. The lowest BCUT2D eigenvalue weighted by atomic mass is 10.0. The summed E-state index contributed by atoms with van der Waals surface area (Å²) in [4.78, 5) is 27.3. The molecule has 1 aromatic carbocycles. The van der Waals surface area contributed by atoms with Gasteiger partial charge in [0.05, 0.1) is 24.2 Å². The van der Waals surface area contributed by atoms with E-state index in [2.05, 4.69) is 10.3 Å². The SMILES string of the molecule is Cc1cccc(CNC(=O)Cc2ccccc2C(=O)O)n1. The van der Waals surface area contributed by atoms with E-state index in [-0.39, 0.29) is 17.9 Å². The fourth-order valence-electron chi connectivity index (χ4n) is 2.01. The standard InChI is InChI=1S/C16H16N2O3/c1-11-5-4-7-13(18-11)10-17-15(19)9-12-6-2-3-8-14(12)16(20)21/h2-8H,9-10H2,1H3,(H,17,19)(H,20,21). The largest absolute Gasteiger partial charge is 0.478 e. The maximum atomic E-state index is 11.9. The Morgan fingerprint density at radius 2 is 1.90 bits per heavy atom. The van der Waals surface area contributed by atoms with Gasteiger partial charge in [0.15, 0.2) is 0 Å². The van der Waals surface area contributed by atoms with Gasteiger partial charge in [0.2, 0.25) is 5.91 Å². The molecule has 0 radical (unpaired) electrons. The van der Waals surface area contributed by atoms with Crippen molar-refractivity contribution in [1.29, 1.82) is 0 Å². The van der Waals surface area contributed by atoms with Gasteiger partial charge in [0.1, 0.15) is 0 Å². The number of rotatable bonds is 5. The minimum atomic E-state index is -1.03. The van der Waals surface area contributed by atoms with Crippen molar-refractivity contribution in [1.82, 2.24) is 10.3 Å². The Balaban J connectivity index is 1.98. The zero-order valence-corrected chi connectivity index (χ0v) is 11.7. The van der Waals surface area contributed by atoms with Crippen LogP contribution in [0, 0.1) is 6.92 Å². The Labute approximate surface area is 122 Å². The van der Waals surface area contributed by atoms with Gasteiger partial charge in [-0.15, -0.1) is 0 Å². The van der Waals surface area contributed by atoms with Crippen molar-refractivity contribution in [2.75, 3.05) is 0 Å². The Bertz CT molecular complexity index is 668. The number of aromatic carboxylic acids is 1. The molecule has 0 aliphatic carbocycles. The van der Waals surface area contributed by atoms with E-state index in [1.54, 1.807) is 18.2 Å². The van der Waals surface area contributed by atoms with Crippen LogP contribution in [-0.2, 0) is 17.8 Å². The number of nitrogens with one attached hydrogen (secondary N) is 1. The molecule has 0 aliphatic heterocycles. The molecule has 2 aromatic rings. The molecule has 108 valence electrons. The number of nitrogens with zero attached hydrogens (tertiary/aromatic N) is 1. The lowest BCUT2D eigenvalue weighted by Crippen LogP contribution is -2.25. The van der Waals surface area contributed by atoms with Gasteiger partial charge in [-0.1, -0.05) is 24.3 Å². The van der Waals surface area contributed by atoms with E-state index in [1.807, 2.05) is 25.1 Å². The number of pyridine rings is 1. The third-order valence-electron chi connectivity index (χ3n) is 3.01. The molecule has 5 nitrogen and oxygen atoms in total. The fraction of sp³-hybridized carbons (Fsp3) is 0.188. The van der Waals surface area contributed by atoms with E-state index in [9.17, 15) is 9.59 Å². The highest BCUT2D eigenvalue weighted by Gasteiger charge is 2.12. The first kappa shape index (κ1) is 14.7. The molecule has 0 atom stereocenters. The minimum Gasteiger partial charge on any atom is -0.478 e. The van der Waals surface area contributed by atoms with Crippen LogP contribution in [0.25, 0.3) is 0 Å². The van der Waals surface area contributed by atoms with E-state index in [1.165, 1.54) is 6.07 Å². The summed E-state index contributed by atoms with van der Waals surface area (Å²) in [6.07, 6.45) is 0.0360. The Hall–Kier alpha value is -2.69. The fourth-order valence-corrected chi connectivity index (χ4v) is 2.01. The summed E-state index contributed by atoms with van der Waals surface area (Å²) in [6, 6.07) is 12.1. The van der Waals surface area contributed by atoms with Crippen molar-refractivity contribution in [2.45, 2.75) is 19.9 Å². The molecule has 0 spiro atoms. The molecule has 0 unspecified atom stereocenters. The van der Waals surface area contributed by atoms with Crippen LogP contribution in [0.5, 0.6) is 0 Å². The predicted molar refractivity (Wildman–Crippen MR) is 77.9 cm³/mol. The van der Waals surface area contributed by atoms with E-state index < -0.39 is 5.97 Å². The highest BCUT2D eigenvalue weighted by atomic mass is 16.4. The van der Waals surface area contributed by atoms with E-state index >= 15 is 0 Å². The van der Waals surface area contributed by atoms with Gasteiger partial charge in [-0.05, 0) is 30.7 Å². The van der Waals surface area contributed by atoms with Crippen LogP contribution >= 0.6 is 0 Å². The molecule has 0 bridgehead atoms. The van der Waals surface area contributed by atoms with Gasteiger partial charge in [-0.25, -0.2) is 4.79 Å². The summed E-state index contributed by atoms with van der Waals surface area (Å²) in [6.45, 7) is 2.21. The number of benzene rings is 1. The maximum absolute atomic E-state index is 11.9. The van der Waals surface area contributed by atoms with Crippen molar-refractivity contribution < 1.29 is 14.7 Å². The highest BCUT2D eigenvalue weighted by Crippen LogP contribution is 2.09. The zero-order valence-electron chi connectivity index (χ0n) is 11.7. The first-order chi connectivity index (χ1) is 10.1. The van der Waals surface area contributed by atoms with E-state index in [4.69, 9.17) is 5.11 Å².